The van der Waals surface area contributed by atoms with Crippen LogP contribution in [0.1, 0.15) is 18.0 Å². The zero-order chi connectivity index (χ0) is 8.27. The van der Waals surface area contributed by atoms with E-state index in [-0.39, 0.29) is 12.1 Å². The predicted octanol–water partition coefficient (Wildman–Crippen LogP) is 1.35. The van der Waals surface area contributed by atoms with Crippen molar-refractivity contribution in [1.29, 1.82) is 0 Å². The van der Waals surface area contributed by atoms with Crippen LogP contribution in [0.25, 0.3) is 0 Å². The Hall–Kier alpha value is -1.26. The number of carbonyl (C=O) groups excluding carboxylic acids is 1. The number of aromatic nitrogens is 1. The fraction of sp³-hybridized carbons (Fsp3) is 0.333. The van der Waals surface area contributed by atoms with Crippen molar-refractivity contribution in [1.82, 2.24) is 4.98 Å². The van der Waals surface area contributed by atoms with E-state index in [1.807, 2.05) is 0 Å². The Morgan fingerprint density at radius 1 is 1.73 bits per heavy atom. The number of hydrogen-bond acceptors (Lipinski definition) is 3. The Kier molecular flexibility index (Phi) is 2.30. The van der Waals surface area contributed by atoms with Crippen LogP contribution < -0.4 is 0 Å². The minimum absolute atomic E-state index is 0.0101. The lowest BCUT2D eigenvalue weighted by molar-refractivity contribution is -0.107. The number of nitrogens with zero attached hydrogens (tertiary/aromatic N) is 1. The first-order valence-electron chi connectivity index (χ1n) is 2.90. The zero-order valence-corrected chi connectivity index (χ0v) is 5.46. The number of alkyl halides is 2. The molecular weight excluding hydrogens is 156 g/mol. The third kappa shape index (κ3) is 1.83. The lowest BCUT2D eigenvalue weighted by Crippen LogP contribution is -1.87. The second kappa shape index (κ2) is 3.23. The van der Waals surface area contributed by atoms with Gasteiger partial charge in [-0.15, -0.1) is 0 Å². The molecule has 0 amide bonds. The second-order valence-corrected chi connectivity index (χ2v) is 1.85. The van der Waals surface area contributed by atoms with E-state index in [0.29, 0.717) is 6.29 Å². The first kappa shape index (κ1) is 7.84. The Labute approximate surface area is 61.0 Å². The number of rotatable bonds is 3. The molecular formula is C6H5F2NO2. The SMILES string of the molecule is O=CCc1coc(C(F)F)n1. The molecule has 0 aliphatic rings. The molecule has 0 radical (unpaired) electrons. The summed E-state index contributed by atoms with van der Waals surface area (Å²) in [4.78, 5) is 13.2. The van der Waals surface area contributed by atoms with Gasteiger partial charge in [-0.25, -0.2) is 4.98 Å². The van der Waals surface area contributed by atoms with Crippen LogP contribution in [0.15, 0.2) is 10.7 Å². The van der Waals surface area contributed by atoms with E-state index < -0.39 is 12.3 Å². The molecule has 3 nitrogen and oxygen atoms in total. The summed E-state index contributed by atoms with van der Waals surface area (Å²) in [6, 6.07) is 0. The molecule has 5 heteroatoms. The van der Waals surface area contributed by atoms with Crippen LogP contribution in [0.4, 0.5) is 8.78 Å². The van der Waals surface area contributed by atoms with Gasteiger partial charge in [0.05, 0.1) is 5.69 Å². The summed E-state index contributed by atoms with van der Waals surface area (Å²) >= 11 is 0. The van der Waals surface area contributed by atoms with Crippen molar-refractivity contribution in [3.8, 4) is 0 Å². The Morgan fingerprint density at radius 2 is 2.45 bits per heavy atom. The molecule has 0 aliphatic carbocycles. The molecule has 0 N–H and O–H groups in total. The quantitative estimate of drug-likeness (QED) is 0.628. The van der Waals surface area contributed by atoms with Crippen molar-refractivity contribution in [3.63, 3.8) is 0 Å². The molecule has 0 unspecified atom stereocenters. The van der Waals surface area contributed by atoms with Crippen molar-refractivity contribution in [2.24, 2.45) is 0 Å². The highest BCUT2D eigenvalue weighted by atomic mass is 19.3. The fourth-order valence-corrected chi connectivity index (χ4v) is 0.602. The molecule has 1 heterocycles. The summed E-state index contributed by atoms with van der Waals surface area (Å²) in [5, 5.41) is 0. The van der Waals surface area contributed by atoms with Gasteiger partial charge in [0.1, 0.15) is 12.5 Å². The maximum atomic E-state index is 11.8. The molecule has 60 valence electrons. The number of oxazole rings is 1. The van der Waals surface area contributed by atoms with Crippen LogP contribution in [-0.4, -0.2) is 11.3 Å². The van der Waals surface area contributed by atoms with E-state index in [1.165, 1.54) is 0 Å². The van der Waals surface area contributed by atoms with Gasteiger partial charge in [-0.2, -0.15) is 8.78 Å². The highest BCUT2D eigenvalue weighted by molar-refractivity contribution is 5.53. The molecule has 1 rings (SSSR count). The van der Waals surface area contributed by atoms with Crippen LogP contribution >= 0.6 is 0 Å². The second-order valence-electron chi connectivity index (χ2n) is 1.85. The minimum atomic E-state index is -2.71. The zero-order valence-electron chi connectivity index (χ0n) is 5.46. The largest absolute Gasteiger partial charge is 0.444 e. The summed E-state index contributed by atoms with van der Waals surface area (Å²) in [7, 11) is 0. The van der Waals surface area contributed by atoms with Gasteiger partial charge in [-0.3, -0.25) is 0 Å². The summed E-state index contributed by atoms with van der Waals surface area (Å²) in [5.41, 5.74) is 0.232. The van der Waals surface area contributed by atoms with Crippen molar-refractivity contribution in [2.75, 3.05) is 0 Å². The van der Waals surface area contributed by atoms with Gasteiger partial charge >= 0.3 is 6.43 Å². The topological polar surface area (TPSA) is 43.1 Å². The van der Waals surface area contributed by atoms with Crippen LogP contribution in [0, 0.1) is 0 Å². The van der Waals surface area contributed by atoms with Crippen molar-refractivity contribution in [3.05, 3.63) is 17.8 Å². The van der Waals surface area contributed by atoms with Gasteiger partial charge in [-0.1, -0.05) is 0 Å². The maximum Gasteiger partial charge on any atom is 0.313 e. The normalized spacial score (nSPS) is 10.5. The summed E-state index contributed by atoms with van der Waals surface area (Å²) in [6.07, 6.45) is -1.07. The Morgan fingerprint density at radius 3 is 2.91 bits per heavy atom. The Balaban J connectivity index is 2.73. The van der Waals surface area contributed by atoms with Crippen molar-refractivity contribution in [2.45, 2.75) is 12.8 Å². The molecule has 1 aromatic rings. The number of carbonyl (C=O) groups is 1. The first-order valence-corrected chi connectivity index (χ1v) is 2.90. The highest BCUT2D eigenvalue weighted by Crippen LogP contribution is 2.17. The molecule has 11 heavy (non-hydrogen) atoms. The first-order chi connectivity index (χ1) is 5.24. The third-order valence-electron chi connectivity index (χ3n) is 1.05. The van der Waals surface area contributed by atoms with E-state index >= 15 is 0 Å². The average molecular weight is 161 g/mol. The van der Waals surface area contributed by atoms with Gasteiger partial charge in [0, 0.05) is 6.42 Å². The van der Waals surface area contributed by atoms with E-state index in [1.54, 1.807) is 0 Å². The summed E-state index contributed by atoms with van der Waals surface area (Å²) < 4.78 is 27.9. The minimum Gasteiger partial charge on any atom is -0.444 e. The molecule has 0 saturated heterocycles. The molecule has 0 atom stereocenters. The molecule has 0 fully saturated rings. The van der Waals surface area contributed by atoms with Crippen molar-refractivity contribution >= 4 is 6.29 Å². The molecule has 0 aromatic carbocycles. The van der Waals surface area contributed by atoms with Gasteiger partial charge in [-0.05, 0) is 0 Å². The van der Waals surface area contributed by atoms with E-state index in [4.69, 9.17) is 0 Å². The third-order valence-corrected chi connectivity index (χ3v) is 1.05. The van der Waals surface area contributed by atoms with Gasteiger partial charge in [0.25, 0.3) is 5.89 Å². The lowest BCUT2D eigenvalue weighted by atomic mass is 10.4. The average Bonchev–Trinajstić information content (AvgIpc) is 2.37. The fourth-order valence-electron chi connectivity index (χ4n) is 0.602. The monoisotopic (exact) mass is 161 g/mol. The predicted molar refractivity (Wildman–Crippen MR) is 31.2 cm³/mol. The summed E-state index contributed by atoms with van der Waals surface area (Å²) in [6.45, 7) is 0. The molecule has 0 aliphatic heterocycles. The van der Waals surface area contributed by atoms with E-state index in [2.05, 4.69) is 9.40 Å². The summed E-state index contributed by atoms with van der Waals surface area (Å²) in [5.74, 6) is -0.637. The number of aldehydes is 1. The van der Waals surface area contributed by atoms with E-state index in [0.717, 1.165) is 6.26 Å². The molecule has 0 spiro atoms. The van der Waals surface area contributed by atoms with Gasteiger partial charge in [0.15, 0.2) is 0 Å². The number of halogens is 2. The Bertz CT molecular complexity index is 246. The van der Waals surface area contributed by atoms with Crippen molar-refractivity contribution < 1.29 is 18.0 Å². The van der Waals surface area contributed by atoms with Crippen LogP contribution in [0.3, 0.4) is 0 Å². The molecule has 0 saturated carbocycles. The van der Waals surface area contributed by atoms with Gasteiger partial charge in [0.2, 0.25) is 0 Å². The van der Waals surface area contributed by atoms with E-state index in [9.17, 15) is 13.6 Å². The highest BCUT2D eigenvalue weighted by Gasteiger charge is 2.13. The smallest absolute Gasteiger partial charge is 0.313 e. The number of hydrogen-bond donors (Lipinski definition) is 0. The van der Waals surface area contributed by atoms with Crippen LogP contribution in [-0.2, 0) is 11.2 Å². The lowest BCUT2D eigenvalue weighted by Gasteiger charge is -1.86. The van der Waals surface area contributed by atoms with Crippen LogP contribution in [0.5, 0.6) is 0 Å². The standard InChI is InChI=1S/C6H5F2NO2/c7-5(8)6-9-4(1-2-10)3-11-6/h2-3,5H,1H2. The maximum absolute atomic E-state index is 11.8. The molecule has 0 bridgehead atoms. The molecule has 1 aromatic heterocycles. The van der Waals surface area contributed by atoms with Gasteiger partial charge < -0.3 is 9.21 Å². The van der Waals surface area contributed by atoms with Crippen LogP contribution in [0.2, 0.25) is 0 Å².